The Hall–Kier alpha value is -0.580. The highest BCUT2D eigenvalue weighted by Crippen LogP contribution is 2.12. The second kappa shape index (κ2) is 3.21. The first-order chi connectivity index (χ1) is 5.16. The van der Waals surface area contributed by atoms with Crippen LogP contribution in [0.2, 0.25) is 0 Å². The summed E-state index contributed by atoms with van der Waals surface area (Å²) in [6.07, 6.45) is -0.540. The maximum Gasteiger partial charge on any atom is 0.416 e. The van der Waals surface area contributed by atoms with Crippen molar-refractivity contribution in [3.63, 3.8) is 0 Å². The van der Waals surface area contributed by atoms with Crippen molar-refractivity contribution in [1.29, 1.82) is 0 Å². The summed E-state index contributed by atoms with van der Waals surface area (Å²) in [6, 6.07) is -0.132. The van der Waals surface area contributed by atoms with Gasteiger partial charge in [0.15, 0.2) is 0 Å². The van der Waals surface area contributed by atoms with Gasteiger partial charge < -0.3 is 4.74 Å². The molecule has 1 saturated heterocycles. The fourth-order valence-corrected chi connectivity index (χ4v) is 1.20. The number of hydrogen-bond acceptors (Lipinski definition) is 3. The van der Waals surface area contributed by atoms with Crippen molar-refractivity contribution in [3.8, 4) is 0 Å². The van der Waals surface area contributed by atoms with Crippen LogP contribution >= 0.6 is 15.9 Å². The zero-order chi connectivity index (χ0) is 8.43. The van der Waals surface area contributed by atoms with Crippen LogP contribution in [-0.4, -0.2) is 34.9 Å². The highest BCUT2D eigenvalue weighted by Gasteiger charge is 2.33. The summed E-state index contributed by atoms with van der Waals surface area (Å²) < 4.78 is 4.65. The molecule has 0 radical (unpaired) electrons. The van der Waals surface area contributed by atoms with E-state index in [1.807, 2.05) is 0 Å². The third-order valence-electron chi connectivity index (χ3n) is 1.47. The number of carbonyl (C=O) groups excluding carboxylic acids is 2. The van der Waals surface area contributed by atoms with E-state index in [2.05, 4.69) is 20.7 Å². The Balaban J connectivity index is 2.68. The van der Waals surface area contributed by atoms with Crippen LogP contribution in [0.4, 0.5) is 4.79 Å². The molecule has 0 aromatic rings. The smallest absolute Gasteiger partial charge is 0.416 e. The first kappa shape index (κ1) is 8.52. The fourth-order valence-electron chi connectivity index (χ4n) is 0.928. The van der Waals surface area contributed by atoms with Gasteiger partial charge in [-0.05, 0) is 6.92 Å². The number of hydrogen-bond donors (Lipinski definition) is 0. The second-order valence-electron chi connectivity index (χ2n) is 2.32. The average Bonchev–Trinajstić information content (AvgIpc) is 2.30. The lowest BCUT2D eigenvalue weighted by Crippen LogP contribution is -2.37. The average molecular weight is 222 g/mol. The lowest BCUT2D eigenvalue weighted by molar-refractivity contribution is -0.126. The molecule has 0 spiro atoms. The van der Waals surface area contributed by atoms with Gasteiger partial charge in [0, 0.05) is 0 Å². The molecule has 1 atom stereocenters. The predicted octanol–water partition coefficient (Wildman–Crippen LogP) is 0.749. The monoisotopic (exact) mass is 221 g/mol. The molecule has 2 amide bonds. The fraction of sp³-hybridized carbons (Fsp3) is 0.667. The van der Waals surface area contributed by atoms with E-state index in [-0.39, 0.29) is 17.3 Å². The first-order valence-corrected chi connectivity index (χ1v) is 4.33. The SMILES string of the molecule is C[C@@H]1COC(=O)N1C(=O)CBr. The topological polar surface area (TPSA) is 46.6 Å². The quantitative estimate of drug-likeness (QED) is 0.615. The lowest BCUT2D eigenvalue weighted by atomic mass is 10.3. The van der Waals surface area contributed by atoms with E-state index >= 15 is 0 Å². The summed E-state index contributed by atoms with van der Waals surface area (Å²) in [5.41, 5.74) is 0. The van der Waals surface area contributed by atoms with Crippen molar-refractivity contribution in [1.82, 2.24) is 4.90 Å². The maximum atomic E-state index is 11.0. The van der Waals surface area contributed by atoms with Gasteiger partial charge >= 0.3 is 6.09 Å². The summed E-state index contributed by atoms with van der Waals surface area (Å²) in [5, 5.41) is 0.159. The van der Waals surface area contributed by atoms with Crippen LogP contribution in [0.5, 0.6) is 0 Å². The van der Waals surface area contributed by atoms with Crippen LogP contribution in [0.1, 0.15) is 6.92 Å². The van der Waals surface area contributed by atoms with E-state index in [1.54, 1.807) is 6.92 Å². The van der Waals surface area contributed by atoms with Crippen molar-refractivity contribution < 1.29 is 14.3 Å². The Kier molecular flexibility index (Phi) is 2.49. The predicted molar refractivity (Wildman–Crippen MR) is 41.5 cm³/mol. The Morgan fingerprint density at radius 3 is 2.91 bits per heavy atom. The number of cyclic esters (lactones) is 1. The van der Waals surface area contributed by atoms with Crippen LogP contribution in [0, 0.1) is 0 Å². The summed E-state index contributed by atoms with van der Waals surface area (Å²) in [6.45, 7) is 2.07. The largest absolute Gasteiger partial charge is 0.447 e. The lowest BCUT2D eigenvalue weighted by Gasteiger charge is -2.13. The molecule has 1 aliphatic rings. The van der Waals surface area contributed by atoms with Gasteiger partial charge in [0.2, 0.25) is 5.91 Å². The summed E-state index contributed by atoms with van der Waals surface area (Å²) in [5.74, 6) is -0.250. The first-order valence-electron chi connectivity index (χ1n) is 3.21. The molecule has 0 aromatic heterocycles. The number of carbonyl (C=O) groups is 2. The molecule has 0 aromatic carbocycles. The van der Waals surface area contributed by atoms with Gasteiger partial charge in [0.1, 0.15) is 6.61 Å². The molecule has 1 rings (SSSR count). The molecule has 1 aliphatic heterocycles. The van der Waals surface area contributed by atoms with Crippen LogP contribution in [0.25, 0.3) is 0 Å². The van der Waals surface area contributed by atoms with Crippen molar-refractivity contribution in [2.75, 3.05) is 11.9 Å². The molecular weight excluding hydrogens is 214 g/mol. The molecule has 0 unspecified atom stereocenters. The van der Waals surface area contributed by atoms with E-state index in [0.717, 1.165) is 4.90 Å². The number of ether oxygens (including phenoxy) is 1. The maximum absolute atomic E-state index is 11.0. The molecule has 11 heavy (non-hydrogen) atoms. The molecule has 4 nitrogen and oxygen atoms in total. The molecular formula is C6H8BrNO3. The molecule has 0 N–H and O–H groups in total. The highest BCUT2D eigenvalue weighted by molar-refractivity contribution is 9.09. The Labute approximate surface area is 72.6 Å². The van der Waals surface area contributed by atoms with Crippen LogP contribution in [-0.2, 0) is 9.53 Å². The van der Waals surface area contributed by atoms with Crippen LogP contribution in [0.15, 0.2) is 0 Å². The Bertz CT molecular complexity index is 194. The summed E-state index contributed by atoms with van der Waals surface area (Å²) in [4.78, 5) is 23.0. The summed E-state index contributed by atoms with van der Waals surface area (Å²) in [7, 11) is 0. The zero-order valence-corrected chi connectivity index (χ0v) is 7.63. The molecule has 0 bridgehead atoms. The van der Waals surface area contributed by atoms with Gasteiger partial charge in [-0.25, -0.2) is 9.69 Å². The van der Waals surface area contributed by atoms with Crippen molar-refractivity contribution in [2.24, 2.45) is 0 Å². The number of halogens is 1. The molecule has 0 saturated carbocycles. The van der Waals surface area contributed by atoms with Gasteiger partial charge in [-0.15, -0.1) is 0 Å². The van der Waals surface area contributed by atoms with E-state index in [0.29, 0.717) is 6.61 Å². The van der Waals surface area contributed by atoms with E-state index < -0.39 is 6.09 Å². The van der Waals surface area contributed by atoms with Crippen LogP contribution in [0.3, 0.4) is 0 Å². The van der Waals surface area contributed by atoms with Crippen molar-refractivity contribution in [2.45, 2.75) is 13.0 Å². The third kappa shape index (κ3) is 1.53. The minimum absolute atomic E-state index is 0.132. The molecule has 62 valence electrons. The second-order valence-corrected chi connectivity index (χ2v) is 2.88. The molecule has 5 heteroatoms. The van der Waals surface area contributed by atoms with Gasteiger partial charge in [-0.1, -0.05) is 15.9 Å². The molecule has 1 fully saturated rings. The number of amides is 2. The zero-order valence-electron chi connectivity index (χ0n) is 6.04. The standard InChI is InChI=1S/C6H8BrNO3/c1-4-3-11-6(10)8(4)5(9)2-7/h4H,2-3H2,1H3/t4-/m1/s1. The highest BCUT2D eigenvalue weighted by atomic mass is 79.9. The van der Waals surface area contributed by atoms with E-state index in [4.69, 9.17) is 0 Å². The number of nitrogens with zero attached hydrogens (tertiary/aromatic N) is 1. The van der Waals surface area contributed by atoms with Gasteiger partial charge in [0.05, 0.1) is 11.4 Å². The van der Waals surface area contributed by atoms with Gasteiger partial charge in [-0.2, -0.15) is 0 Å². The van der Waals surface area contributed by atoms with Gasteiger partial charge in [0.25, 0.3) is 0 Å². The minimum Gasteiger partial charge on any atom is -0.447 e. The summed E-state index contributed by atoms with van der Waals surface area (Å²) >= 11 is 2.98. The molecule has 0 aliphatic carbocycles. The number of imide groups is 1. The van der Waals surface area contributed by atoms with Crippen molar-refractivity contribution in [3.05, 3.63) is 0 Å². The van der Waals surface area contributed by atoms with Crippen molar-refractivity contribution >= 4 is 27.9 Å². The number of rotatable bonds is 1. The van der Waals surface area contributed by atoms with E-state index in [1.165, 1.54) is 0 Å². The van der Waals surface area contributed by atoms with Gasteiger partial charge in [-0.3, -0.25) is 4.79 Å². The third-order valence-corrected chi connectivity index (χ3v) is 1.95. The normalized spacial score (nSPS) is 23.6. The number of alkyl halides is 1. The Morgan fingerprint density at radius 1 is 1.91 bits per heavy atom. The molecule has 1 heterocycles. The minimum atomic E-state index is -0.540. The van der Waals surface area contributed by atoms with E-state index in [9.17, 15) is 9.59 Å². The van der Waals surface area contributed by atoms with Crippen LogP contribution < -0.4 is 0 Å². The Morgan fingerprint density at radius 2 is 2.55 bits per heavy atom.